The summed E-state index contributed by atoms with van der Waals surface area (Å²) in [6.45, 7) is 15.0. The van der Waals surface area contributed by atoms with Crippen molar-refractivity contribution in [1.29, 1.82) is 0 Å². The van der Waals surface area contributed by atoms with E-state index in [1.165, 1.54) is 0 Å². The average Bonchev–Trinajstić information content (AvgIpc) is 3.32. The van der Waals surface area contributed by atoms with Crippen molar-refractivity contribution in [3.05, 3.63) is 42.4 Å². The minimum absolute atomic E-state index is 0.403. The van der Waals surface area contributed by atoms with E-state index in [1.807, 2.05) is 58.2 Å². The van der Waals surface area contributed by atoms with Crippen LogP contribution in [-0.4, -0.2) is 93.4 Å². The zero-order valence-corrected chi connectivity index (χ0v) is 21.4. The Morgan fingerprint density at radius 1 is 0.972 bits per heavy atom. The fraction of sp³-hybridized carbons (Fsp3) is 0.560. The molecule has 3 fully saturated rings. The van der Waals surface area contributed by atoms with E-state index in [4.69, 9.17) is 18.8 Å². The SMILES string of the molecule is CC1(C)OB(c2cnn3cc(Oc4ccc(CN5CCN(C6COC6)CC5)nn4)ccc23)OC1(C)C. The molecule has 0 spiro atoms. The molecular formula is C25H33BN6O4. The van der Waals surface area contributed by atoms with Gasteiger partial charge in [-0.3, -0.25) is 9.80 Å². The molecule has 3 saturated heterocycles. The number of piperazine rings is 1. The van der Waals surface area contributed by atoms with Gasteiger partial charge in [0.25, 0.3) is 0 Å². The lowest BCUT2D eigenvalue weighted by molar-refractivity contribution is -0.0774. The summed E-state index contributed by atoms with van der Waals surface area (Å²) in [6, 6.07) is 8.32. The van der Waals surface area contributed by atoms with Crippen LogP contribution in [0.15, 0.2) is 36.7 Å². The van der Waals surface area contributed by atoms with Crippen molar-refractivity contribution in [2.45, 2.75) is 51.5 Å². The third kappa shape index (κ3) is 4.50. The molecule has 3 aliphatic heterocycles. The molecule has 10 nitrogen and oxygen atoms in total. The summed E-state index contributed by atoms with van der Waals surface area (Å²) in [5.74, 6) is 1.08. The highest BCUT2D eigenvalue weighted by Crippen LogP contribution is 2.36. The molecule has 6 rings (SSSR count). The van der Waals surface area contributed by atoms with Gasteiger partial charge in [-0.2, -0.15) is 10.2 Å². The third-order valence-corrected chi connectivity index (χ3v) is 7.87. The van der Waals surface area contributed by atoms with Gasteiger partial charge in [0.2, 0.25) is 5.88 Å². The largest absolute Gasteiger partial charge is 0.498 e. The van der Waals surface area contributed by atoms with Crippen molar-refractivity contribution in [3.63, 3.8) is 0 Å². The lowest BCUT2D eigenvalue weighted by Crippen LogP contribution is -2.56. The van der Waals surface area contributed by atoms with Crippen molar-refractivity contribution >= 4 is 18.1 Å². The smallest absolute Gasteiger partial charge is 0.436 e. The van der Waals surface area contributed by atoms with Crippen LogP contribution >= 0.6 is 0 Å². The molecule has 0 bridgehead atoms. The molecule has 0 N–H and O–H groups in total. The quantitative estimate of drug-likeness (QED) is 0.478. The lowest BCUT2D eigenvalue weighted by atomic mass is 9.80. The Morgan fingerprint density at radius 3 is 2.36 bits per heavy atom. The van der Waals surface area contributed by atoms with Gasteiger partial charge in [-0.25, -0.2) is 4.52 Å². The van der Waals surface area contributed by atoms with Gasteiger partial charge in [0.05, 0.1) is 47.9 Å². The van der Waals surface area contributed by atoms with E-state index in [2.05, 4.69) is 25.1 Å². The number of hydrogen-bond acceptors (Lipinski definition) is 9. The van der Waals surface area contributed by atoms with Crippen LogP contribution < -0.4 is 10.2 Å². The monoisotopic (exact) mass is 492 g/mol. The van der Waals surface area contributed by atoms with Crippen LogP contribution in [0.4, 0.5) is 0 Å². The fourth-order valence-corrected chi connectivity index (χ4v) is 4.75. The van der Waals surface area contributed by atoms with Crippen molar-refractivity contribution in [1.82, 2.24) is 29.6 Å². The Balaban J connectivity index is 1.07. The van der Waals surface area contributed by atoms with E-state index in [9.17, 15) is 0 Å². The molecule has 3 aromatic heterocycles. The lowest BCUT2D eigenvalue weighted by Gasteiger charge is -2.42. The number of ether oxygens (including phenoxy) is 2. The number of aromatic nitrogens is 4. The number of fused-ring (bicyclic) bond motifs is 1. The minimum Gasteiger partial charge on any atom is -0.436 e. The zero-order chi connectivity index (χ0) is 24.9. The van der Waals surface area contributed by atoms with Crippen molar-refractivity contribution < 1.29 is 18.8 Å². The molecule has 6 heterocycles. The van der Waals surface area contributed by atoms with E-state index in [0.29, 0.717) is 17.7 Å². The van der Waals surface area contributed by atoms with Gasteiger partial charge in [-0.05, 0) is 45.9 Å². The number of pyridine rings is 1. The molecule has 0 saturated carbocycles. The number of nitrogens with zero attached hydrogens (tertiary/aromatic N) is 6. The first kappa shape index (κ1) is 23.8. The number of hydrogen-bond donors (Lipinski definition) is 0. The Kier molecular flexibility index (Phi) is 6.00. The molecule has 3 aliphatic rings. The zero-order valence-electron chi connectivity index (χ0n) is 21.4. The van der Waals surface area contributed by atoms with E-state index >= 15 is 0 Å². The third-order valence-electron chi connectivity index (χ3n) is 7.87. The highest BCUT2D eigenvalue weighted by molar-refractivity contribution is 6.64. The molecule has 36 heavy (non-hydrogen) atoms. The first-order valence-electron chi connectivity index (χ1n) is 12.6. The second-order valence-electron chi connectivity index (χ2n) is 10.9. The maximum Gasteiger partial charge on any atom is 0.498 e. The second-order valence-corrected chi connectivity index (χ2v) is 10.9. The molecule has 11 heteroatoms. The maximum atomic E-state index is 6.20. The fourth-order valence-electron chi connectivity index (χ4n) is 4.75. The highest BCUT2D eigenvalue weighted by Gasteiger charge is 2.52. The van der Waals surface area contributed by atoms with E-state index < -0.39 is 18.3 Å². The summed E-state index contributed by atoms with van der Waals surface area (Å²) >= 11 is 0. The average molecular weight is 492 g/mol. The Labute approximate surface area is 211 Å². The molecule has 0 aromatic carbocycles. The van der Waals surface area contributed by atoms with Crippen LogP contribution in [0.5, 0.6) is 11.6 Å². The van der Waals surface area contributed by atoms with Crippen molar-refractivity contribution in [3.8, 4) is 11.6 Å². The van der Waals surface area contributed by atoms with Crippen LogP contribution in [0.2, 0.25) is 0 Å². The molecule has 0 atom stereocenters. The van der Waals surface area contributed by atoms with Crippen molar-refractivity contribution in [2.24, 2.45) is 0 Å². The molecule has 0 amide bonds. The van der Waals surface area contributed by atoms with Gasteiger partial charge in [0.1, 0.15) is 5.75 Å². The van der Waals surface area contributed by atoms with Gasteiger partial charge in [0, 0.05) is 50.4 Å². The number of rotatable bonds is 6. The van der Waals surface area contributed by atoms with Gasteiger partial charge < -0.3 is 18.8 Å². The van der Waals surface area contributed by atoms with Gasteiger partial charge >= 0.3 is 7.12 Å². The molecule has 190 valence electrons. The first-order valence-corrected chi connectivity index (χ1v) is 12.6. The predicted molar refractivity (Wildman–Crippen MR) is 134 cm³/mol. The van der Waals surface area contributed by atoms with E-state index in [-0.39, 0.29) is 0 Å². The van der Waals surface area contributed by atoms with Gasteiger partial charge in [-0.15, -0.1) is 5.10 Å². The molecule has 3 aromatic rings. The second kappa shape index (κ2) is 9.07. The van der Waals surface area contributed by atoms with Crippen molar-refractivity contribution in [2.75, 3.05) is 39.4 Å². The predicted octanol–water partition coefficient (Wildman–Crippen LogP) is 1.73. The molecule has 0 radical (unpaired) electrons. The standard InChI is InChI=1S/C25H33BN6O4/c1-24(2)25(3,4)36-26(35-24)21-13-27-32-15-20(6-7-22(21)32)34-23-8-5-18(28-29-23)14-30-9-11-31(12-10-30)19-16-33-17-19/h5-8,13,15,19H,9-12,14,16-17H2,1-4H3. The van der Waals surface area contributed by atoms with Gasteiger partial charge in [-0.1, -0.05) is 0 Å². The summed E-state index contributed by atoms with van der Waals surface area (Å²) in [6.07, 6.45) is 3.61. The summed E-state index contributed by atoms with van der Waals surface area (Å²) in [7, 11) is -0.465. The van der Waals surface area contributed by atoms with Crippen LogP contribution in [-0.2, 0) is 20.6 Å². The first-order chi connectivity index (χ1) is 17.3. The molecule has 0 unspecified atom stereocenters. The highest BCUT2D eigenvalue weighted by atomic mass is 16.7. The van der Waals surface area contributed by atoms with Gasteiger partial charge in [0.15, 0.2) is 0 Å². The minimum atomic E-state index is -0.465. The summed E-state index contributed by atoms with van der Waals surface area (Å²) in [4.78, 5) is 4.95. The molecule has 0 aliphatic carbocycles. The molecular weight excluding hydrogens is 459 g/mol. The Bertz CT molecular complexity index is 1210. The van der Waals surface area contributed by atoms with Crippen LogP contribution in [0.1, 0.15) is 33.4 Å². The topological polar surface area (TPSA) is 86.5 Å². The normalized spacial score (nSPS) is 22.7. The van der Waals surface area contributed by atoms with Crippen LogP contribution in [0, 0.1) is 0 Å². The summed E-state index contributed by atoms with van der Waals surface area (Å²) < 4.78 is 25.4. The summed E-state index contributed by atoms with van der Waals surface area (Å²) in [5, 5.41) is 13.2. The maximum absolute atomic E-state index is 6.20. The van der Waals surface area contributed by atoms with Crippen LogP contribution in [0.3, 0.4) is 0 Å². The van der Waals surface area contributed by atoms with Crippen LogP contribution in [0.25, 0.3) is 5.52 Å². The Morgan fingerprint density at radius 2 is 1.72 bits per heavy atom. The Hall–Kier alpha value is -2.57. The van der Waals surface area contributed by atoms with E-state index in [0.717, 1.165) is 62.6 Å². The summed E-state index contributed by atoms with van der Waals surface area (Å²) in [5.41, 5.74) is 1.94. The van der Waals surface area contributed by atoms with E-state index in [1.54, 1.807) is 10.7 Å².